The van der Waals surface area contributed by atoms with E-state index in [2.05, 4.69) is 28.7 Å². The fraction of sp³-hybridized carbons (Fsp3) is 0.389. The van der Waals surface area contributed by atoms with Gasteiger partial charge in [-0.25, -0.2) is 4.98 Å². The van der Waals surface area contributed by atoms with Crippen molar-refractivity contribution in [2.45, 2.75) is 6.92 Å². The van der Waals surface area contributed by atoms with Gasteiger partial charge in [0.2, 0.25) is 5.82 Å². The number of aromatic nitrogens is 2. The largest absolute Gasteiger partial charge is 0.347 e. The van der Waals surface area contributed by atoms with E-state index in [1.165, 1.54) is 0 Å². The van der Waals surface area contributed by atoms with Crippen molar-refractivity contribution in [2.75, 3.05) is 39.3 Å². The molecule has 2 aromatic heterocycles. The minimum Gasteiger partial charge on any atom is -0.347 e. The van der Waals surface area contributed by atoms with Crippen LogP contribution in [0.2, 0.25) is 0 Å². The second-order valence-corrected chi connectivity index (χ2v) is 5.97. The highest BCUT2D eigenvalue weighted by Crippen LogP contribution is 2.16. The molecule has 0 radical (unpaired) electrons. The number of nitrogens with zero attached hydrogens (tertiary/aromatic N) is 4. The molecular weight excluding hydrogens is 318 g/mol. The highest BCUT2D eigenvalue weighted by Gasteiger charge is 2.27. The average Bonchev–Trinajstić information content (AvgIpc) is 3.05. The lowest BCUT2D eigenvalue weighted by Gasteiger charge is -2.33. The minimum atomic E-state index is -0.307. The number of carbonyl (C=O) groups excluding carboxylic acids is 2. The first-order chi connectivity index (χ1) is 12.2. The van der Waals surface area contributed by atoms with Crippen LogP contribution in [0.4, 0.5) is 0 Å². The van der Waals surface area contributed by atoms with Crippen LogP contribution in [0.3, 0.4) is 0 Å². The molecule has 132 valence electrons. The molecule has 0 atom stereocenters. The van der Waals surface area contributed by atoms with Crippen LogP contribution >= 0.6 is 0 Å². The number of piperazine rings is 1. The van der Waals surface area contributed by atoms with E-state index in [9.17, 15) is 9.59 Å². The van der Waals surface area contributed by atoms with Gasteiger partial charge in [-0.2, -0.15) is 0 Å². The molecule has 3 rings (SSSR count). The summed E-state index contributed by atoms with van der Waals surface area (Å²) in [6, 6.07) is 5.45. The molecule has 0 unspecified atom stereocenters. The van der Waals surface area contributed by atoms with Crippen molar-refractivity contribution in [1.29, 1.82) is 0 Å². The summed E-state index contributed by atoms with van der Waals surface area (Å²) in [6.07, 6.45) is 3.37. The number of imidazole rings is 1. The van der Waals surface area contributed by atoms with Crippen LogP contribution in [0.1, 0.15) is 28.0 Å². The van der Waals surface area contributed by atoms with Gasteiger partial charge in [0.25, 0.3) is 11.8 Å². The smallest absolute Gasteiger partial charge is 0.290 e. The summed E-state index contributed by atoms with van der Waals surface area (Å²) < 4.78 is 1.69. The van der Waals surface area contributed by atoms with E-state index in [0.29, 0.717) is 25.2 Å². The molecule has 1 fully saturated rings. The van der Waals surface area contributed by atoms with Crippen molar-refractivity contribution < 1.29 is 9.59 Å². The molecule has 7 nitrogen and oxygen atoms in total. The van der Waals surface area contributed by atoms with Crippen molar-refractivity contribution in [3.8, 4) is 0 Å². The maximum absolute atomic E-state index is 12.9. The summed E-state index contributed by atoms with van der Waals surface area (Å²) >= 11 is 0. The number of rotatable bonds is 5. The number of hydrogen-bond donors (Lipinski definition) is 1. The van der Waals surface area contributed by atoms with Crippen LogP contribution in [0.15, 0.2) is 37.1 Å². The third-order valence-corrected chi connectivity index (χ3v) is 4.47. The third kappa shape index (κ3) is 3.41. The number of carbonyl (C=O) groups is 2. The van der Waals surface area contributed by atoms with Crippen LogP contribution in [-0.4, -0.2) is 70.3 Å². The highest BCUT2D eigenvalue weighted by atomic mass is 16.2. The Labute approximate surface area is 146 Å². The van der Waals surface area contributed by atoms with Crippen LogP contribution in [-0.2, 0) is 0 Å². The number of likely N-dealkylation sites (N-methyl/N-ethyl adjacent to an activating group) is 1. The zero-order chi connectivity index (χ0) is 17.8. The summed E-state index contributed by atoms with van der Waals surface area (Å²) in [5.41, 5.74) is 0.887. The number of fused-ring (bicyclic) bond motifs is 1. The lowest BCUT2D eigenvalue weighted by molar-refractivity contribution is 0.0630. The number of amides is 2. The number of hydrogen-bond acceptors (Lipinski definition) is 4. The minimum absolute atomic E-state index is 0.139. The topological polar surface area (TPSA) is 70.0 Å². The van der Waals surface area contributed by atoms with Gasteiger partial charge in [-0.1, -0.05) is 19.1 Å². The monoisotopic (exact) mass is 341 g/mol. The summed E-state index contributed by atoms with van der Waals surface area (Å²) in [7, 11) is 0. The first-order valence-electron chi connectivity index (χ1n) is 8.53. The summed E-state index contributed by atoms with van der Waals surface area (Å²) in [6.45, 7) is 10.1. The van der Waals surface area contributed by atoms with Crippen LogP contribution in [0, 0.1) is 0 Å². The van der Waals surface area contributed by atoms with Gasteiger partial charge in [0, 0.05) is 38.9 Å². The van der Waals surface area contributed by atoms with Crippen molar-refractivity contribution in [1.82, 2.24) is 24.5 Å². The van der Waals surface area contributed by atoms with Gasteiger partial charge < -0.3 is 15.1 Å². The fourth-order valence-electron chi connectivity index (χ4n) is 3.01. The van der Waals surface area contributed by atoms with E-state index in [-0.39, 0.29) is 23.3 Å². The molecule has 7 heteroatoms. The van der Waals surface area contributed by atoms with Gasteiger partial charge in [0.15, 0.2) is 5.69 Å². The van der Waals surface area contributed by atoms with Crippen molar-refractivity contribution in [2.24, 2.45) is 0 Å². The van der Waals surface area contributed by atoms with Gasteiger partial charge in [0.1, 0.15) is 0 Å². The van der Waals surface area contributed by atoms with E-state index >= 15 is 0 Å². The number of pyridine rings is 1. The van der Waals surface area contributed by atoms with E-state index in [4.69, 9.17) is 0 Å². The second kappa shape index (κ2) is 7.48. The Bertz CT molecular complexity index is 790. The molecule has 1 saturated heterocycles. The Morgan fingerprint density at radius 1 is 1.28 bits per heavy atom. The maximum atomic E-state index is 12.9. The SMILES string of the molecule is C=CCNC(=O)c1nc(C(=O)N2CCN(CC)CC2)n2ccccc12. The molecule has 0 bridgehead atoms. The Morgan fingerprint density at radius 2 is 2.04 bits per heavy atom. The lowest BCUT2D eigenvalue weighted by atomic mass is 10.3. The van der Waals surface area contributed by atoms with Crippen molar-refractivity contribution in [3.05, 3.63) is 48.6 Å². The van der Waals surface area contributed by atoms with Gasteiger partial charge >= 0.3 is 0 Å². The molecule has 1 aliphatic heterocycles. The van der Waals surface area contributed by atoms with Crippen LogP contribution < -0.4 is 5.32 Å². The predicted octanol–water partition coefficient (Wildman–Crippen LogP) is 1.03. The predicted molar refractivity (Wildman–Crippen MR) is 95.7 cm³/mol. The second-order valence-electron chi connectivity index (χ2n) is 5.97. The van der Waals surface area contributed by atoms with Crippen molar-refractivity contribution in [3.63, 3.8) is 0 Å². The molecule has 2 aromatic rings. The summed E-state index contributed by atoms with van der Waals surface area (Å²) in [4.78, 5) is 33.8. The van der Waals surface area contributed by atoms with E-state index in [0.717, 1.165) is 19.6 Å². The van der Waals surface area contributed by atoms with E-state index < -0.39 is 0 Å². The zero-order valence-corrected chi connectivity index (χ0v) is 14.4. The first-order valence-corrected chi connectivity index (χ1v) is 8.53. The first kappa shape index (κ1) is 17.2. The molecule has 1 aliphatic rings. The lowest BCUT2D eigenvalue weighted by Crippen LogP contribution is -2.48. The van der Waals surface area contributed by atoms with Gasteiger partial charge in [-0.15, -0.1) is 6.58 Å². The zero-order valence-electron chi connectivity index (χ0n) is 14.4. The molecule has 0 aromatic carbocycles. The normalized spacial score (nSPS) is 15.3. The molecule has 0 aliphatic carbocycles. The molecule has 2 amide bonds. The van der Waals surface area contributed by atoms with Gasteiger partial charge in [-0.05, 0) is 18.7 Å². The third-order valence-electron chi connectivity index (χ3n) is 4.47. The van der Waals surface area contributed by atoms with Crippen LogP contribution in [0.25, 0.3) is 5.52 Å². The summed E-state index contributed by atoms with van der Waals surface area (Å²) in [5, 5.41) is 2.72. The quantitative estimate of drug-likeness (QED) is 0.825. The average molecular weight is 341 g/mol. The Morgan fingerprint density at radius 3 is 2.72 bits per heavy atom. The molecule has 0 spiro atoms. The van der Waals surface area contributed by atoms with E-state index in [1.54, 1.807) is 27.6 Å². The highest BCUT2D eigenvalue weighted by molar-refractivity contribution is 6.02. The van der Waals surface area contributed by atoms with Gasteiger partial charge in [-0.3, -0.25) is 14.0 Å². The van der Waals surface area contributed by atoms with E-state index in [1.807, 2.05) is 12.1 Å². The molecule has 3 heterocycles. The fourth-order valence-corrected chi connectivity index (χ4v) is 3.01. The standard InChI is InChI=1S/C18H23N5O2/c1-3-8-19-17(24)15-14-7-5-6-9-23(14)16(20-15)18(25)22-12-10-21(4-2)11-13-22/h3,5-7,9H,1,4,8,10-13H2,2H3,(H,19,24). The molecule has 25 heavy (non-hydrogen) atoms. The molecular formula is C18H23N5O2. The van der Waals surface area contributed by atoms with Crippen molar-refractivity contribution >= 4 is 17.3 Å². The summed E-state index contributed by atoms with van der Waals surface area (Å²) in [5.74, 6) is -0.164. The Balaban J connectivity index is 1.90. The Hall–Kier alpha value is -2.67. The number of nitrogens with one attached hydrogen (secondary N) is 1. The Kier molecular flexibility index (Phi) is 5.14. The van der Waals surface area contributed by atoms with Gasteiger partial charge in [0.05, 0.1) is 5.52 Å². The molecule has 1 N–H and O–H groups in total. The maximum Gasteiger partial charge on any atom is 0.290 e. The molecule has 0 saturated carbocycles. The van der Waals surface area contributed by atoms with Crippen LogP contribution in [0.5, 0.6) is 0 Å².